The minimum atomic E-state index is -2.90. The second-order valence-electron chi connectivity index (χ2n) is 2.80. The lowest BCUT2D eigenvalue weighted by Gasteiger charge is -2.04. The fourth-order valence-corrected chi connectivity index (χ4v) is 1.14. The molecule has 0 saturated heterocycles. The van der Waals surface area contributed by atoms with Crippen LogP contribution in [0, 0.1) is 0 Å². The van der Waals surface area contributed by atoms with Crippen molar-refractivity contribution in [2.24, 2.45) is 0 Å². The molecule has 0 aliphatic carbocycles. The summed E-state index contributed by atoms with van der Waals surface area (Å²) in [6.45, 7) is -2.90. The predicted octanol–water partition coefficient (Wildman–Crippen LogP) is 2.04. The van der Waals surface area contributed by atoms with E-state index in [9.17, 15) is 8.78 Å². The third-order valence-corrected chi connectivity index (χ3v) is 1.72. The summed E-state index contributed by atoms with van der Waals surface area (Å²) in [7, 11) is 0. The Morgan fingerprint density at radius 3 is 2.75 bits per heavy atom. The number of halogens is 2. The van der Waals surface area contributed by atoms with Crippen molar-refractivity contribution in [3.05, 3.63) is 24.3 Å². The summed E-state index contributed by atoms with van der Waals surface area (Å²) in [5.41, 5.74) is 0.381. The van der Waals surface area contributed by atoms with Gasteiger partial charge in [0.1, 0.15) is 5.75 Å². The molecule has 16 heavy (non-hydrogen) atoms. The topological polar surface area (TPSA) is 68.4 Å². The van der Waals surface area contributed by atoms with Crippen LogP contribution in [0.1, 0.15) is 0 Å². The number of aromatic hydroxyl groups is 1. The molecule has 0 saturated carbocycles. The van der Waals surface area contributed by atoms with Crippen LogP contribution in [0.15, 0.2) is 28.7 Å². The lowest BCUT2D eigenvalue weighted by Crippen LogP contribution is -2.01. The normalized spacial score (nSPS) is 10.7. The summed E-state index contributed by atoms with van der Waals surface area (Å²) in [6.07, 6.45) is -0.588. The standard InChI is InChI=1S/C9H6F2N2O3/c10-8(11)15-6-3-1-2-5(4-6)7-12-13-9(14)16-7/h1-4,8H,(H,13,14). The van der Waals surface area contributed by atoms with Crippen molar-refractivity contribution in [3.8, 4) is 23.3 Å². The molecular formula is C9H6F2N2O3. The highest BCUT2D eigenvalue weighted by Crippen LogP contribution is 2.24. The molecule has 2 rings (SSSR count). The zero-order valence-corrected chi connectivity index (χ0v) is 7.80. The monoisotopic (exact) mass is 228 g/mol. The highest BCUT2D eigenvalue weighted by molar-refractivity contribution is 5.55. The van der Waals surface area contributed by atoms with Gasteiger partial charge in [-0.3, -0.25) is 0 Å². The summed E-state index contributed by atoms with van der Waals surface area (Å²) in [6, 6.07) is 5.73. The molecule has 0 spiro atoms. The first-order valence-electron chi connectivity index (χ1n) is 4.23. The zero-order chi connectivity index (χ0) is 11.5. The van der Waals surface area contributed by atoms with Crippen LogP contribution in [0.4, 0.5) is 8.78 Å². The van der Waals surface area contributed by atoms with E-state index in [0.29, 0.717) is 5.56 Å². The number of nitrogens with zero attached hydrogens (tertiary/aromatic N) is 2. The molecule has 1 aromatic heterocycles. The van der Waals surface area contributed by atoms with Crippen LogP contribution in [0.3, 0.4) is 0 Å². The second-order valence-corrected chi connectivity index (χ2v) is 2.80. The number of benzene rings is 1. The van der Waals surface area contributed by atoms with E-state index in [0.717, 1.165) is 0 Å². The van der Waals surface area contributed by atoms with E-state index in [1.54, 1.807) is 6.07 Å². The predicted molar refractivity (Wildman–Crippen MR) is 48.0 cm³/mol. The second kappa shape index (κ2) is 4.13. The Morgan fingerprint density at radius 1 is 1.31 bits per heavy atom. The molecule has 1 aromatic carbocycles. The fourth-order valence-electron chi connectivity index (χ4n) is 1.14. The van der Waals surface area contributed by atoms with Gasteiger partial charge in [0.2, 0.25) is 0 Å². The first-order valence-corrected chi connectivity index (χ1v) is 4.23. The van der Waals surface area contributed by atoms with E-state index in [1.807, 2.05) is 0 Å². The molecular weight excluding hydrogens is 222 g/mol. The van der Waals surface area contributed by atoms with Gasteiger partial charge in [-0.05, 0) is 18.2 Å². The van der Waals surface area contributed by atoms with E-state index >= 15 is 0 Å². The molecule has 2 aromatic rings. The van der Waals surface area contributed by atoms with Crippen LogP contribution >= 0.6 is 0 Å². The maximum absolute atomic E-state index is 11.9. The van der Waals surface area contributed by atoms with Crippen LogP contribution in [-0.4, -0.2) is 21.9 Å². The first kappa shape index (κ1) is 10.3. The van der Waals surface area contributed by atoms with Crippen molar-refractivity contribution in [1.29, 1.82) is 0 Å². The van der Waals surface area contributed by atoms with Crippen LogP contribution in [0.25, 0.3) is 11.5 Å². The number of alkyl halides is 2. The molecule has 0 fully saturated rings. The largest absolute Gasteiger partial charge is 0.465 e. The van der Waals surface area contributed by atoms with E-state index in [-0.39, 0.29) is 11.6 Å². The lowest BCUT2D eigenvalue weighted by molar-refractivity contribution is -0.0498. The number of rotatable bonds is 3. The van der Waals surface area contributed by atoms with Gasteiger partial charge in [-0.2, -0.15) is 8.78 Å². The van der Waals surface area contributed by atoms with Crippen molar-refractivity contribution >= 4 is 0 Å². The minimum absolute atomic E-state index is 0.0230. The fraction of sp³-hybridized carbons (Fsp3) is 0.111. The third kappa shape index (κ3) is 2.25. The van der Waals surface area contributed by atoms with E-state index in [2.05, 4.69) is 14.9 Å². The van der Waals surface area contributed by atoms with Crippen molar-refractivity contribution in [1.82, 2.24) is 10.2 Å². The van der Waals surface area contributed by atoms with Gasteiger partial charge in [-0.25, -0.2) is 0 Å². The molecule has 0 atom stereocenters. The Hall–Kier alpha value is -2.18. The van der Waals surface area contributed by atoms with Gasteiger partial charge in [-0.1, -0.05) is 11.2 Å². The van der Waals surface area contributed by atoms with E-state index < -0.39 is 12.7 Å². The molecule has 0 radical (unpaired) electrons. The van der Waals surface area contributed by atoms with Gasteiger partial charge >= 0.3 is 12.7 Å². The number of hydrogen-bond donors (Lipinski definition) is 1. The first-order chi connectivity index (χ1) is 7.65. The molecule has 5 nitrogen and oxygen atoms in total. The van der Waals surface area contributed by atoms with Gasteiger partial charge in [-0.15, -0.1) is 5.10 Å². The van der Waals surface area contributed by atoms with Crippen LogP contribution in [0.5, 0.6) is 11.8 Å². The number of hydrogen-bond acceptors (Lipinski definition) is 5. The zero-order valence-electron chi connectivity index (χ0n) is 7.80. The molecule has 0 aliphatic rings. The number of ether oxygens (including phenoxy) is 1. The van der Waals surface area contributed by atoms with Crippen LogP contribution in [-0.2, 0) is 0 Å². The quantitative estimate of drug-likeness (QED) is 0.870. The molecule has 0 aliphatic heterocycles. The summed E-state index contributed by atoms with van der Waals surface area (Å²) in [4.78, 5) is 0. The van der Waals surface area contributed by atoms with Gasteiger partial charge < -0.3 is 14.3 Å². The molecule has 1 N–H and O–H groups in total. The average molecular weight is 228 g/mol. The smallest absolute Gasteiger partial charge is 0.412 e. The Labute approximate surface area is 88.3 Å². The Balaban J connectivity index is 2.28. The SMILES string of the molecule is Oc1nnc(-c2cccc(OC(F)F)c2)o1. The highest BCUT2D eigenvalue weighted by atomic mass is 19.3. The van der Waals surface area contributed by atoms with Crippen molar-refractivity contribution in [3.63, 3.8) is 0 Å². The number of aromatic nitrogens is 2. The van der Waals surface area contributed by atoms with Gasteiger partial charge in [0.15, 0.2) is 0 Å². The summed E-state index contributed by atoms with van der Waals surface area (Å²) in [5.74, 6) is 0.00223. The maximum atomic E-state index is 11.9. The average Bonchev–Trinajstić information content (AvgIpc) is 2.64. The van der Waals surface area contributed by atoms with Gasteiger partial charge in [0, 0.05) is 5.56 Å². The Morgan fingerprint density at radius 2 is 2.12 bits per heavy atom. The summed E-state index contributed by atoms with van der Waals surface area (Å²) >= 11 is 0. The Kier molecular flexibility index (Phi) is 2.67. The van der Waals surface area contributed by atoms with Gasteiger partial charge in [0.25, 0.3) is 5.89 Å². The Bertz CT molecular complexity index is 487. The van der Waals surface area contributed by atoms with Crippen LogP contribution in [0.2, 0.25) is 0 Å². The summed E-state index contributed by atoms with van der Waals surface area (Å²) in [5, 5.41) is 15.6. The van der Waals surface area contributed by atoms with Crippen molar-refractivity contribution in [2.45, 2.75) is 6.61 Å². The van der Waals surface area contributed by atoms with E-state index in [1.165, 1.54) is 18.2 Å². The van der Waals surface area contributed by atoms with E-state index in [4.69, 9.17) is 9.52 Å². The lowest BCUT2D eigenvalue weighted by atomic mass is 10.2. The minimum Gasteiger partial charge on any atom is -0.465 e. The molecule has 84 valence electrons. The molecule has 0 amide bonds. The van der Waals surface area contributed by atoms with Crippen molar-refractivity contribution in [2.75, 3.05) is 0 Å². The van der Waals surface area contributed by atoms with Crippen LogP contribution < -0.4 is 4.74 Å². The molecule has 0 unspecified atom stereocenters. The molecule has 1 heterocycles. The highest BCUT2D eigenvalue weighted by Gasteiger charge is 2.10. The molecule has 0 bridgehead atoms. The maximum Gasteiger partial charge on any atom is 0.412 e. The third-order valence-electron chi connectivity index (χ3n) is 1.72. The van der Waals surface area contributed by atoms with Crippen molar-refractivity contribution < 1.29 is 23.0 Å². The molecule has 7 heteroatoms. The summed E-state index contributed by atoms with van der Waals surface area (Å²) < 4.78 is 32.8. The van der Waals surface area contributed by atoms with Gasteiger partial charge in [0.05, 0.1) is 0 Å².